The van der Waals surface area contributed by atoms with Crippen molar-refractivity contribution in [1.82, 2.24) is 15.0 Å². The number of halogens is 1. The molecule has 1 aromatic heterocycles. The van der Waals surface area contributed by atoms with Crippen molar-refractivity contribution in [2.24, 2.45) is 0 Å². The summed E-state index contributed by atoms with van der Waals surface area (Å²) in [6, 6.07) is 12.7. The average Bonchev–Trinajstić information content (AvgIpc) is 3.05. The molecule has 1 amide bonds. The van der Waals surface area contributed by atoms with Crippen LogP contribution in [0.25, 0.3) is 0 Å². The molecular formula is C17H15FN4O3S. The average molecular weight is 374 g/mol. The van der Waals surface area contributed by atoms with E-state index in [2.05, 4.69) is 15.6 Å². The molecule has 0 aliphatic heterocycles. The van der Waals surface area contributed by atoms with Crippen LogP contribution in [-0.2, 0) is 16.4 Å². The highest BCUT2D eigenvalue weighted by Crippen LogP contribution is 2.20. The highest BCUT2D eigenvalue weighted by Gasteiger charge is 2.16. The number of aromatic nitrogens is 3. The van der Waals surface area contributed by atoms with Crippen LogP contribution in [-0.4, -0.2) is 35.6 Å². The number of hydrogen-bond donors (Lipinski definition) is 1. The normalized spacial score (nSPS) is 11.3. The summed E-state index contributed by atoms with van der Waals surface area (Å²) < 4.78 is 38.5. The molecule has 0 saturated heterocycles. The number of nitrogens with zero attached hydrogens (tertiary/aromatic N) is 3. The van der Waals surface area contributed by atoms with Gasteiger partial charge in [-0.1, -0.05) is 35.5 Å². The lowest BCUT2D eigenvalue weighted by molar-refractivity contribution is 0.102. The maximum Gasteiger partial charge on any atom is 0.277 e. The Hall–Kier alpha value is -3.07. The van der Waals surface area contributed by atoms with Crippen LogP contribution in [0.15, 0.2) is 59.6 Å². The number of carbonyl (C=O) groups excluding carboxylic acids is 1. The van der Waals surface area contributed by atoms with Crippen LogP contribution in [0.1, 0.15) is 16.1 Å². The summed E-state index contributed by atoms with van der Waals surface area (Å²) in [4.78, 5) is 12.2. The van der Waals surface area contributed by atoms with Gasteiger partial charge >= 0.3 is 0 Å². The Morgan fingerprint density at radius 3 is 2.62 bits per heavy atom. The lowest BCUT2D eigenvalue weighted by atomic mass is 10.2. The third kappa shape index (κ3) is 4.12. The standard InChI is InChI=1S/C17H15FN4O3S/c1-26(24,25)13-7-8-14(18)15(9-13)19-17(23)16-11-22(21-20-16)10-12-5-3-2-4-6-12/h2-9,11H,10H2,1H3,(H,19,23). The fraction of sp³-hybridized carbons (Fsp3) is 0.118. The van der Waals surface area contributed by atoms with Crippen LogP contribution in [0.5, 0.6) is 0 Å². The third-order valence-corrected chi connectivity index (χ3v) is 4.68. The Kier molecular flexibility index (Phi) is 4.81. The first kappa shape index (κ1) is 17.7. The van der Waals surface area contributed by atoms with Crippen molar-refractivity contribution in [1.29, 1.82) is 0 Å². The van der Waals surface area contributed by atoms with Gasteiger partial charge in [0.25, 0.3) is 5.91 Å². The molecule has 26 heavy (non-hydrogen) atoms. The van der Waals surface area contributed by atoms with Crippen molar-refractivity contribution in [3.63, 3.8) is 0 Å². The van der Waals surface area contributed by atoms with E-state index in [0.29, 0.717) is 6.54 Å². The molecule has 0 saturated carbocycles. The van der Waals surface area contributed by atoms with Crippen molar-refractivity contribution in [2.75, 3.05) is 11.6 Å². The number of sulfone groups is 1. The minimum atomic E-state index is -3.52. The van der Waals surface area contributed by atoms with Gasteiger partial charge in [-0.15, -0.1) is 5.10 Å². The maximum atomic E-state index is 13.9. The lowest BCUT2D eigenvalue weighted by Gasteiger charge is -2.06. The zero-order chi connectivity index (χ0) is 18.7. The second-order valence-corrected chi connectivity index (χ2v) is 7.67. The molecule has 134 valence electrons. The highest BCUT2D eigenvalue weighted by atomic mass is 32.2. The molecule has 1 N–H and O–H groups in total. The number of benzene rings is 2. The zero-order valence-electron chi connectivity index (χ0n) is 13.8. The van der Waals surface area contributed by atoms with Gasteiger partial charge in [-0.05, 0) is 23.8 Å². The van der Waals surface area contributed by atoms with Crippen LogP contribution >= 0.6 is 0 Å². The van der Waals surface area contributed by atoms with Gasteiger partial charge in [-0.3, -0.25) is 4.79 Å². The second-order valence-electron chi connectivity index (χ2n) is 5.65. The summed E-state index contributed by atoms with van der Waals surface area (Å²) in [7, 11) is -3.52. The van der Waals surface area contributed by atoms with E-state index in [4.69, 9.17) is 0 Å². The summed E-state index contributed by atoms with van der Waals surface area (Å²) in [6.45, 7) is 0.430. The smallest absolute Gasteiger partial charge is 0.277 e. The number of carbonyl (C=O) groups is 1. The van der Waals surface area contributed by atoms with Gasteiger partial charge in [0.1, 0.15) is 5.82 Å². The first-order valence-corrected chi connectivity index (χ1v) is 9.47. The number of anilines is 1. The Morgan fingerprint density at radius 2 is 1.92 bits per heavy atom. The van der Waals surface area contributed by atoms with Crippen molar-refractivity contribution < 1.29 is 17.6 Å². The van der Waals surface area contributed by atoms with Crippen LogP contribution in [0.3, 0.4) is 0 Å². The monoisotopic (exact) mass is 374 g/mol. The van der Waals surface area contributed by atoms with Gasteiger partial charge in [0.15, 0.2) is 15.5 Å². The van der Waals surface area contributed by atoms with E-state index in [-0.39, 0.29) is 16.3 Å². The maximum absolute atomic E-state index is 13.9. The predicted molar refractivity (Wildman–Crippen MR) is 93.0 cm³/mol. The number of hydrogen-bond acceptors (Lipinski definition) is 5. The highest BCUT2D eigenvalue weighted by molar-refractivity contribution is 7.90. The fourth-order valence-corrected chi connectivity index (χ4v) is 2.91. The molecular weight excluding hydrogens is 359 g/mol. The van der Waals surface area contributed by atoms with E-state index in [1.807, 2.05) is 30.3 Å². The second kappa shape index (κ2) is 7.04. The molecule has 0 aliphatic rings. The minimum Gasteiger partial charge on any atom is -0.318 e. The van der Waals surface area contributed by atoms with Crippen LogP contribution < -0.4 is 5.32 Å². The fourth-order valence-electron chi connectivity index (χ4n) is 2.27. The summed E-state index contributed by atoms with van der Waals surface area (Å²) in [5.41, 5.74) is 0.733. The van der Waals surface area contributed by atoms with Gasteiger partial charge < -0.3 is 5.32 Å². The Labute approximate surface area is 149 Å². The summed E-state index contributed by atoms with van der Waals surface area (Å²) in [5, 5.41) is 9.96. The Morgan fingerprint density at radius 1 is 1.19 bits per heavy atom. The Bertz CT molecular complexity index is 1050. The van der Waals surface area contributed by atoms with Crippen molar-refractivity contribution in [3.8, 4) is 0 Å². The van der Waals surface area contributed by atoms with E-state index >= 15 is 0 Å². The molecule has 7 nitrogen and oxygen atoms in total. The van der Waals surface area contributed by atoms with E-state index in [1.54, 1.807) is 0 Å². The molecule has 1 heterocycles. The number of amides is 1. The van der Waals surface area contributed by atoms with Crippen molar-refractivity contribution in [3.05, 3.63) is 71.8 Å². The molecule has 0 atom stereocenters. The van der Waals surface area contributed by atoms with Gasteiger partial charge in [-0.25, -0.2) is 17.5 Å². The van der Waals surface area contributed by atoms with E-state index < -0.39 is 21.6 Å². The van der Waals surface area contributed by atoms with Crippen molar-refractivity contribution >= 4 is 21.4 Å². The molecule has 3 rings (SSSR count). The quantitative estimate of drug-likeness (QED) is 0.691. The molecule has 0 unspecified atom stereocenters. The van der Waals surface area contributed by atoms with Crippen molar-refractivity contribution in [2.45, 2.75) is 11.4 Å². The molecule has 3 aromatic rings. The minimum absolute atomic E-state index is 0.00918. The molecule has 0 radical (unpaired) electrons. The molecule has 0 aliphatic carbocycles. The first-order chi connectivity index (χ1) is 12.3. The third-order valence-electron chi connectivity index (χ3n) is 3.57. The molecule has 0 fully saturated rings. The van der Waals surface area contributed by atoms with Gasteiger partial charge in [0, 0.05) is 6.26 Å². The topological polar surface area (TPSA) is 94.0 Å². The molecule has 2 aromatic carbocycles. The molecule has 9 heteroatoms. The Balaban J connectivity index is 1.77. The van der Waals surface area contributed by atoms with E-state index in [1.165, 1.54) is 10.9 Å². The van der Waals surface area contributed by atoms with Crippen LogP contribution in [0.4, 0.5) is 10.1 Å². The van der Waals surface area contributed by atoms with Crippen LogP contribution in [0, 0.1) is 5.82 Å². The summed E-state index contributed by atoms with van der Waals surface area (Å²) in [5.74, 6) is -1.43. The largest absolute Gasteiger partial charge is 0.318 e. The molecule has 0 spiro atoms. The summed E-state index contributed by atoms with van der Waals surface area (Å²) >= 11 is 0. The SMILES string of the molecule is CS(=O)(=O)c1ccc(F)c(NC(=O)c2cn(Cc3ccccc3)nn2)c1. The zero-order valence-corrected chi connectivity index (χ0v) is 14.6. The molecule has 0 bridgehead atoms. The van der Waals surface area contributed by atoms with Gasteiger partial charge in [0.2, 0.25) is 0 Å². The number of rotatable bonds is 5. The first-order valence-electron chi connectivity index (χ1n) is 7.58. The van der Waals surface area contributed by atoms with Gasteiger partial charge in [0.05, 0.1) is 23.3 Å². The predicted octanol–water partition coefficient (Wildman–Crippen LogP) is 2.12. The number of nitrogens with one attached hydrogen (secondary N) is 1. The van der Waals surface area contributed by atoms with E-state index in [9.17, 15) is 17.6 Å². The summed E-state index contributed by atoms with van der Waals surface area (Å²) in [6.07, 6.45) is 2.43. The van der Waals surface area contributed by atoms with E-state index in [0.717, 1.165) is 30.0 Å². The van der Waals surface area contributed by atoms with Crippen LogP contribution in [0.2, 0.25) is 0 Å². The lowest BCUT2D eigenvalue weighted by Crippen LogP contribution is -2.14. The van der Waals surface area contributed by atoms with Gasteiger partial charge in [-0.2, -0.15) is 0 Å².